The minimum atomic E-state index is 0.139. The number of hydrogen-bond acceptors (Lipinski definition) is 1. The van der Waals surface area contributed by atoms with E-state index in [1.807, 2.05) is 0 Å². The number of nitrogens with zero attached hydrogens (tertiary/aromatic N) is 1. The van der Waals surface area contributed by atoms with E-state index >= 15 is 0 Å². The van der Waals surface area contributed by atoms with Crippen molar-refractivity contribution in [2.75, 3.05) is 0 Å². The van der Waals surface area contributed by atoms with E-state index in [4.69, 9.17) is 0 Å². The molecule has 0 saturated heterocycles. The van der Waals surface area contributed by atoms with Gasteiger partial charge in [-0.05, 0) is 0 Å². The summed E-state index contributed by atoms with van der Waals surface area (Å²) in [4.78, 5) is 0. The Labute approximate surface area is 38.3 Å². The molecule has 0 unspecified atom stereocenters. The zero-order valence-electron chi connectivity index (χ0n) is 1.83. The van der Waals surface area contributed by atoms with E-state index in [1.165, 1.54) is 3.38 Å². The Morgan fingerprint density at radius 2 is 2.25 bits per heavy atom. The third-order valence-electron chi connectivity index (χ3n) is 0.196. The molecule has 1 heterocycles. The van der Waals surface area contributed by atoms with Gasteiger partial charge in [0.1, 0.15) is 0 Å². The Bertz CT molecular complexity index is 90.2. The van der Waals surface area contributed by atoms with Crippen molar-refractivity contribution in [1.29, 1.82) is 0 Å². The summed E-state index contributed by atoms with van der Waals surface area (Å²) in [5.74, 6) is 0. The minimum absolute atomic E-state index is 0.139. The Morgan fingerprint density at radius 1 is 2.00 bits per heavy atom. The molecule has 0 aromatic heterocycles. The summed E-state index contributed by atoms with van der Waals surface area (Å²) in [5, 5.41) is 0. The Hall–Kier alpha value is 0.693. The number of rotatable bonds is 0. The second-order valence-corrected chi connectivity index (χ2v) is 4.73. The molecule has 0 aliphatic carbocycles. The molecule has 0 N–H and O–H groups in total. The van der Waals surface area contributed by atoms with Gasteiger partial charge in [0.2, 0.25) is 0 Å². The summed E-state index contributed by atoms with van der Waals surface area (Å²) in [5.41, 5.74) is 0. The van der Waals surface area contributed by atoms with Crippen LogP contribution in [0.3, 0.4) is 0 Å². The summed E-state index contributed by atoms with van der Waals surface area (Å²) in [6, 6.07) is 0. The molecule has 0 radical (unpaired) electrons. The van der Waals surface area contributed by atoms with Crippen molar-refractivity contribution < 1.29 is 0 Å². The first-order chi connectivity index (χ1) is 1.89. The maximum absolute atomic E-state index is 3.86. The van der Waals surface area contributed by atoms with Crippen molar-refractivity contribution in [3.8, 4) is 0 Å². The van der Waals surface area contributed by atoms with Crippen LogP contribution in [0.15, 0.2) is 3.90 Å². The summed E-state index contributed by atoms with van der Waals surface area (Å²) >= 11 is 3.33. The van der Waals surface area contributed by atoms with Gasteiger partial charge in [0.15, 0.2) is 0 Å². The van der Waals surface area contributed by atoms with Gasteiger partial charge < -0.3 is 0 Å². The van der Waals surface area contributed by atoms with Crippen molar-refractivity contribution in [2.45, 2.75) is 0 Å². The van der Waals surface area contributed by atoms with Crippen molar-refractivity contribution in [1.82, 2.24) is 0 Å². The van der Waals surface area contributed by atoms with E-state index in [-0.39, 0.29) is 14.8 Å². The first-order valence-electron chi connectivity index (χ1n) is 0.886. The van der Waals surface area contributed by atoms with Gasteiger partial charge in [-0.3, -0.25) is 0 Å². The molecule has 0 fully saturated rings. The fraction of sp³-hybridized carbons (Fsp3) is 0. The summed E-state index contributed by atoms with van der Waals surface area (Å²) in [7, 11) is 0. The van der Waals surface area contributed by atoms with Crippen LogP contribution in [-0.4, -0.2) is 18.2 Å². The molecule has 1 aliphatic heterocycles. The van der Waals surface area contributed by atoms with E-state index < -0.39 is 0 Å². The van der Waals surface area contributed by atoms with Gasteiger partial charge in [-0.15, -0.1) is 0 Å². The third-order valence-corrected chi connectivity index (χ3v) is 2.86. The van der Waals surface area contributed by atoms with Crippen LogP contribution in [0, 0.1) is 0 Å². The Kier molecular flexibility index (Phi) is 0.600. The quantitative estimate of drug-likeness (QED) is 0.376. The van der Waals surface area contributed by atoms with Gasteiger partial charge in [0.05, 0.1) is 0 Å². The van der Waals surface area contributed by atoms with Crippen LogP contribution in [0.1, 0.15) is 0 Å². The molecule has 0 aromatic rings. The molecular formula is CBrGeN. The Balaban J connectivity index is 2.75. The number of halogens is 1. The summed E-state index contributed by atoms with van der Waals surface area (Å²) in [6.07, 6.45) is 0. The van der Waals surface area contributed by atoms with Crippen molar-refractivity contribution in [3.63, 3.8) is 0 Å². The second-order valence-electron chi connectivity index (χ2n) is 0.514. The third kappa shape index (κ3) is 0.566. The molecule has 0 aromatic carbocycles. The van der Waals surface area contributed by atoms with Crippen LogP contribution in [0.4, 0.5) is 0 Å². The standard InChI is InChI=1S/CBrGeN/c2-1-3-4-1. The van der Waals surface area contributed by atoms with Crippen LogP contribution < -0.4 is 0 Å². The fourth-order valence-electron chi connectivity index (χ4n) is 0.0211. The zero-order chi connectivity index (χ0) is 2.99. The second kappa shape index (κ2) is 0.826. The fourth-order valence-corrected chi connectivity index (χ4v) is 0.570. The van der Waals surface area contributed by atoms with Crippen LogP contribution in [0.5, 0.6) is 0 Å². The molecule has 20 valence electrons. The average molecular weight is 179 g/mol. The molecule has 3 heteroatoms. The average Bonchev–Trinajstić information content (AvgIpc) is 1.75. The van der Waals surface area contributed by atoms with Crippen molar-refractivity contribution in [2.24, 2.45) is 3.90 Å². The molecule has 0 bridgehead atoms. The molecule has 1 aliphatic rings. The first kappa shape index (κ1) is 2.91. The zero-order valence-corrected chi connectivity index (χ0v) is 5.51. The van der Waals surface area contributed by atoms with Gasteiger partial charge >= 0.3 is 38.0 Å². The van der Waals surface area contributed by atoms with Gasteiger partial charge in [-0.1, -0.05) is 0 Å². The monoisotopic (exact) mass is 179 g/mol. The molecule has 4 heavy (non-hydrogen) atoms. The van der Waals surface area contributed by atoms with Crippen LogP contribution in [-0.2, 0) is 0 Å². The van der Waals surface area contributed by atoms with Crippen molar-refractivity contribution >= 4 is 34.1 Å². The molecular weight excluding hydrogens is 179 g/mol. The normalized spacial score (nSPS) is 15.8. The summed E-state index contributed by atoms with van der Waals surface area (Å²) < 4.78 is 5.09. The molecule has 1 rings (SSSR count). The Morgan fingerprint density at radius 3 is 2.25 bits per heavy atom. The van der Waals surface area contributed by atoms with E-state index in [0.29, 0.717) is 0 Å². The SMILES string of the molecule is Br[C]1=[Ge]=[N]1. The van der Waals surface area contributed by atoms with E-state index in [9.17, 15) is 0 Å². The van der Waals surface area contributed by atoms with Gasteiger partial charge in [-0.25, -0.2) is 0 Å². The molecule has 0 amide bonds. The molecule has 1 nitrogen and oxygen atoms in total. The van der Waals surface area contributed by atoms with Crippen LogP contribution in [0.2, 0.25) is 0 Å². The summed E-state index contributed by atoms with van der Waals surface area (Å²) in [6.45, 7) is 0. The van der Waals surface area contributed by atoms with E-state index in [2.05, 4.69) is 19.8 Å². The van der Waals surface area contributed by atoms with Crippen molar-refractivity contribution in [3.05, 3.63) is 0 Å². The first-order valence-corrected chi connectivity index (χ1v) is 3.67. The topological polar surface area (TPSA) is 12.4 Å². The predicted octanol–water partition coefficient (Wildman–Crippen LogP) is 0.370. The van der Waals surface area contributed by atoms with Gasteiger partial charge in [0, 0.05) is 0 Å². The molecule has 0 spiro atoms. The maximum atomic E-state index is 3.86. The predicted molar refractivity (Wildman–Crippen MR) is 22.1 cm³/mol. The van der Waals surface area contributed by atoms with E-state index in [0.717, 1.165) is 0 Å². The van der Waals surface area contributed by atoms with E-state index in [1.54, 1.807) is 0 Å². The van der Waals surface area contributed by atoms with Gasteiger partial charge in [-0.2, -0.15) is 0 Å². The van der Waals surface area contributed by atoms with Crippen LogP contribution >= 0.6 is 15.9 Å². The molecule has 0 atom stereocenters. The van der Waals surface area contributed by atoms with Crippen LogP contribution in [0.25, 0.3) is 0 Å². The number of hydrogen-bond donors (Lipinski definition) is 0. The van der Waals surface area contributed by atoms with Gasteiger partial charge in [0.25, 0.3) is 0 Å². The molecule has 0 saturated carbocycles.